The van der Waals surface area contributed by atoms with Crippen LogP contribution in [0.3, 0.4) is 0 Å². The molecular formula is C19H29N3O2. The van der Waals surface area contributed by atoms with E-state index in [0.717, 1.165) is 0 Å². The zero-order valence-electron chi connectivity index (χ0n) is 15.8. The van der Waals surface area contributed by atoms with Crippen LogP contribution in [-0.4, -0.2) is 10.7 Å². The summed E-state index contributed by atoms with van der Waals surface area (Å²) >= 11 is 0. The first-order chi connectivity index (χ1) is 10.9. The molecule has 0 saturated heterocycles. The van der Waals surface area contributed by atoms with Crippen molar-refractivity contribution in [2.45, 2.75) is 59.5 Å². The number of aromatic nitrogens is 2. The van der Waals surface area contributed by atoms with Gasteiger partial charge in [0.1, 0.15) is 29.6 Å². The van der Waals surface area contributed by atoms with E-state index in [4.69, 9.17) is 0 Å². The molecule has 0 unspecified atom stereocenters. The molecule has 5 heteroatoms. The lowest BCUT2D eigenvalue weighted by atomic mass is 10.1. The number of para-hydroxylation sites is 1. The molecule has 1 N–H and O–H groups in total. The average Bonchev–Trinajstić information content (AvgIpc) is 2.81. The molecule has 0 fully saturated rings. The third-order valence-electron chi connectivity index (χ3n) is 3.53. The van der Waals surface area contributed by atoms with E-state index < -0.39 is 6.09 Å². The highest BCUT2D eigenvalue weighted by Gasteiger charge is 2.28. The first kappa shape index (κ1) is 19.7. The number of anilines is 1. The minimum atomic E-state index is -1.29. The number of carbonyl (C=O) groups excluding carboxylic acids is 1. The molecule has 24 heavy (non-hydrogen) atoms. The maximum absolute atomic E-state index is 9.95. The Balaban J connectivity index is 0.000000254. The normalized spacial score (nSPS) is 11.5. The molecule has 0 atom stereocenters. The van der Waals surface area contributed by atoms with Crippen molar-refractivity contribution in [3.63, 3.8) is 0 Å². The van der Waals surface area contributed by atoms with Gasteiger partial charge >= 0.3 is 0 Å². The lowest BCUT2D eigenvalue weighted by molar-refractivity contribution is -0.759. The highest BCUT2D eigenvalue weighted by atomic mass is 16.4. The zero-order chi connectivity index (χ0) is 18.5. The zero-order valence-corrected chi connectivity index (χ0v) is 15.8. The van der Waals surface area contributed by atoms with Gasteiger partial charge in [0.05, 0.1) is 0 Å². The highest BCUT2D eigenvalue weighted by molar-refractivity contribution is 5.80. The molecule has 5 nitrogen and oxygen atoms in total. The van der Waals surface area contributed by atoms with Crippen LogP contribution in [0.5, 0.6) is 0 Å². The molecule has 1 amide bonds. The molecule has 2 aromatic rings. The van der Waals surface area contributed by atoms with Gasteiger partial charge in [-0.2, -0.15) is 0 Å². The third-order valence-corrected chi connectivity index (χ3v) is 3.53. The molecular weight excluding hydrogens is 302 g/mol. The van der Waals surface area contributed by atoms with Crippen LogP contribution in [-0.2, 0) is 11.1 Å². The molecule has 0 aliphatic carbocycles. The van der Waals surface area contributed by atoms with Gasteiger partial charge in [-0.05, 0) is 53.7 Å². The second kappa shape index (κ2) is 7.51. The second-order valence-corrected chi connectivity index (χ2v) is 7.71. The van der Waals surface area contributed by atoms with E-state index >= 15 is 0 Å². The lowest BCUT2D eigenvalue weighted by Crippen LogP contribution is -2.51. The molecule has 0 saturated carbocycles. The first-order valence-electron chi connectivity index (χ1n) is 8.06. The summed E-state index contributed by atoms with van der Waals surface area (Å²) in [7, 11) is 0. The van der Waals surface area contributed by atoms with Crippen molar-refractivity contribution < 1.29 is 14.5 Å². The van der Waals surface area contributed by atoms with E-state index in [0.29, 0.717) is 5.69 Å². The fourth-order valence-electron chi connectivity index (χ4n) is 2.52. The van der Waals surface area contributed by atoms with Gasteiger partial charge in [0.25, 0.3) is 5.82 Å². The minimum absolute atomic E-state index is 0.167. The molecule has 1 aromatic heterocycles. The number of benzene rings is 1. The van der Waals surface area contributed by atoms with Gasteiger partial charge < -0.3 is 15.2 Å². The van der Waals surface area contributed by atoms with Gasteiger partial charge in [-0.1, -0.05) is 18.2 Å². The number of nitrogens with one attached hydrogen (secondary N) is 1. The monoisotopic (exact) mass is 331 g/mol. The summed E-state index contributed by atoms with van der Waals surface area (Å²) in [6.07, 6.45) is 3.05. The summed E-state index contributed by atoms with van der Waals surface area (Å²) in [4.78, 5) is 9.95. The van der Waals surface area contributed by atoms with Crippen molar-refractivity contribution in [2.24, 2.45) is 0 Å². The van der Waals surface area contributed by atoms with Gasteiger partial charge in [-0.15, -0.1) is 0 Å². The topological polar surface area (TPSA) is 61.0 Å². The molecule has 0 radical (unpaired) electrons. The van der Waals surface area contributed by atoms with E-state index in [9.17, 15) is 9.90 Å². The predicted octanol–water partition coefficient (Wildman–Crippen LogP) is 3.04. The van der Waals surface area contributed by atoms with Gasteiger partial charge in [0.2, 0.25) is 0 Å². The van der Waals surface area contributed by atoms with Crippen LogP contribution in [0.1, 0.15) is 47.4 Å². The number of carboxylic acid groups (broad SMARTS) is 1. The standard InChI is InChI=1S/C12H23N2.C7H7NO2/c1-10-13(11(2,3)4)8-9-14(10)12(5,6)7;9-7(10)8-6-4-2-1-3-5-6/h8-9H,1-7H3;1-5,8H,(H,9,10)/q+1;/p-1. The molecule has 0 aliphatic rings. The van der Waals surface area contributed by atoms with Gasteiger partial charge in [0.15, 0.2) is 0 Å². The maximum atomic E-state index is 9.95. The molecule has 1 heterocycles. The number of hydrogen-bond donors (Lipinski definition) is 1. The Morgan fingerprint density at radius 3 is 1.96 bits per heavy atom. The summed E-state index contributed by atoms with van der Waals surface area (Å²) < 4.78 is 4.64. The predicted molar refractivity (Wildman–Crippen MR) is 94.8 cm³/mol. The van der Waals surface area contributed by atoms with E-state index in [2.05, 4.69) is 75.3 Å². The van der Waals surface area contributed by atoms with Crippen molar-refractivity contribution in [1.29, 1.82) is 0 Å². The Morgan fingerprint density at radius 1 is 1.08 bits per heavy atom. The Hall–Kier alpha value is -2.30. The summed E-state index contributed by atoms with van der Waals surface area (Å²) in [6.45, 7) is 15.6. The minimum Gasteiger partial charge on any atom is -0.530 e. The molecule has 1 aromatic carbocycles. The van der Waals surface area contributed by atoms with Crippen molar-refractivity contribution >= 4 is 11.8 Å². The van der Waals surface area contributed by atoms with Crippen LogP contribution in [0, 0.1) is 6.92 Å². The van der Waals surface area contributed by atoms with Crippen LogP contribution in [0.2, 0.25) is 0 Å². The molecule has 0 spiro atoms. The Bertz CT molecular complexity index is 631. The van der Waals surface area contributed by atoms with Crippen molar-refractivity contribution in [2.75, 3.05) is 5.32 Å². The third kappa shape index (κ3) is 5.72. The quantitative estimate of drug-likeness (QED) is 0.817. The largest absolute Gasteiger partial charge is 0.530 e. The number of nitrogens with zero attached hydrogens (tertiary/aromatic N) is 2. The second-order valence-electron chi connectivity index (χ2n) is 7.71. The van der Waals surface area contributed by atoms with Gasteiger partial charge in [0, 0.05) is 12.6 Å². The Morgan fingerprint density at radius 2 is 1.62 bits per heavy atom. The summed E-state index contributed by atoms with van der Waals surface area (Å²) in [6, 6.07) is 8.59. The number of imidazole rings is 1. The van der Waals surface area contributed by atoms with Crippen molar-refractivity contribution in [3.8, 4) is 0 Å². The number of rotatable bonds is 1. The average molecular weight is 331 g/mol. The first-order valence-corrected chi connectivity index (χ1v) is 8.06. The maximum Gasteiger partial charge on any atom is 0.254 e. The van der Waals surface area contributed by atoms with E-state index in [1.54, 1.807) is 30.3 Å². The van der Waals surface area contributed by atoms with E-state index in [-0.39, 0.29) is 11.1 Å². The smallest absolute Gasteiger partial charge is 0.254 e. The van der Waals surface area contributed by atoms with Crippen LogP contribution < -0.4 is 15.0 Å². The fourth-order valence-corrected chi connectivity index (χ4v) is 2.52. The highest BCUT2D eigenvalue weighted by Crippen LogP contribution is 2.16. The van der Waals surface area contributed by atoms with Crippen LogP contribution in [0.4, 0.5) is 10.5 Å². The fraction of sp³-hybridized carbons (Fsp3) is 0.474. The van der Waals surface area contributed by atoms with Crippen LogP contribution in [0.25, 0.3) is 0 Å². The number of carbonyl (C=O) groups is 1. The SMILES string of the molecule is Cc1n(C(C)(C)C)cc[n+]1C(C)(C)C.O=C([O-])Nc1ccccc1. The van der Waals surface area contributed by atoms with E-state index in [1.807, 2.05) is 0 Å². The van der Waals surface area contributed by atoms with Crippen LogP contribution >= 0.6 is 0 Å². The Labute approximate surface area is 144 Å². The van der Waals surface area contributed by atoms with Crippen LogP contribution in [0.15, 0.2) is 42.7 Å². The number of amides is 1. The lowest BCUT2D eigenvalue weighted by Gasteiger charge is -2.19. The van der Waals surface area contributed by atoms with Crippen molar-refractivity contribution in [1.82, 2.24) is 4.57 Å². The summed E-state index contributed by atoms with van der Waals surface area (Å²) in [5, 5.41) is 12.1. The molecule has 2 rings (SSSR count). The number of hydrogen-bond acceptors (Lipinski definition) is 2. The molecule has 0 bridgehead atoms. The summed E-state index contributed by atoms with van der Waals surface area (Å²) in [5.41, 5.74) is 0.865. The van der Waals surface area contributed by atoms with E-state index in [1.165, 1.54) is 5.82 Å². The molecule has 0 aliphatic heterocycles. The summed E-state index contributed by atoms with van der Waals surface area (Å²) in [5.74, 6) is 1.31. The Kier molecular flexibility index (Phi) is 6.18. The van der Waals surface area contributed by atoms with Gasteiger partial charge in [-0.25, -0.2) is 9.13 Å². The molecule has 132 valence electrons. The van der Waals surface area contributed by atoms with Gasteiger partial charge in [-0.3, -0.25) is 0 Å². The van der Waals surface area contributed by atoms with Crippen molar-refractivity contribution in [3.05, 3.63) is 48.5 Å².